The molecule has 1 aromatic rings. The fraction of sp³-hybridized carbons (Fsp3) is 0.692. The van der Waals surface area contributed by atoms with Crippen LogP contribution in [0.3, 0.4) is 0 Å². The third-order valence-electron chi connectivity index (χ3n) is 2.31. The van der Waals surface area contributed by atoms with Gasteiger partial charge in [-0.05, 0) is 18.8 Å². The Balaban J connectivity index is 0.000000557. The highest BCUT2D eigenvalue weighted by atomic mass is 16.4. The standard InChI is InChI=1S/C11H20N2.C2H4O2/c1-4-5-11(8-10(2)3)13-7-6-12-9-13;1-2(3)4/h6-7,9-11H,4-5,8H2,1-3H3;1H3,(H,3,4). The highest BCUT2D eigenvalue weighted by molar-refractivity contribution is 5.62. The van der Waals surface area contributed by atoms with Crippen molar-refractivity contribution in [3.63, 3.8) is 0 Å². The first-order valence-electron chi connectivity index (χ1n) is 6.14. The third-order valence-corrected chi connectivity index (χ3v) is 2.31. The van der Waals surface area contributed by atoms with E-state index in [1.165, 1.54) is 19.3 Å². The Morgan fingerprint density at radius 3 is 2.41 bits per heavy atom. The van der Waals surface area contributed by atoms with Crippen molar-refractivity contribution < 1.29 is 9.90 Å². The van der Waals surface area contributed by atoms with Gasteiger partial charge in [-0.25, -0.2) is 4.98 Å². The van der Waals surface area contributed by atoms with E-state index >= 15 is 0 Å². The van der Waals surface area contributed by atoms with Crippen LogP contribution < -0.4 is 0 Å². The second-order valence-corrected chi connectivity index (χ2v) is 4.60. The van der Waals surface area contributed by atoms with Gasteiger partial charge in [-0.3, -0.25) is 4.79 Å². The normalized spacial score (nSPS) is 11.8. The Morgan fingerprint density at radius 1 is 1.47 bits per heavy atom. The quantitative estimate of drug-likeness (QED) is 0.858. The molecule has 1 unspecified atom stereocenters. The van der Waals surface area contributed by atoms with E-state index in [4.69, 9.17) is 9.90 Å². The molecule has 0 saturated heterocycles. The number of carboxylic acid groups (broad SMARTS) is 1. The van der Waals surface area contributed by atoms with Gasteiger partial charge in [0.1, 0.15) is 0 Å². The van der Waals surface area contributed by atoms with E-state index in [9.17, 15) is 0 Å². The van der Waals surface area contributed by atoms with E-state index in [0.717, 1.165) is 12.8 Å². The first-order valence-corrected chi connectivity index (χ1v) is 6.14. The van der Waals surface area contributed by atoms with Crippen LogP contribution in [0.15, 0.2) is 18.7 Å². The Kier molecular flexibility index (Phi) is 8.11. The Labute approximate surface area is 104 Å². The van der Waals surface area contributed by atoms with E-state index in [1.54, 1.807) is 0 Å². The predicted octanol–water partition coefficient (Wildman–Crippen LogP) is 3.36. The molecule has 0 spiro atoms. The van der Waals surface area contributed by atoms with Crippen molar-refractivity contribution in [1.29, 1.82) is 0 Å². The van der Waals surface area contributed by atoms with E-state index in [2.05, 4.69) is 36.5 Å². The summed E-state index contributed by atoms with van der Waals surface area (Å²) in [5.74, 6) is -0.0704. The number of hydrogen-bond acceptors (Lipinski definition) is 2. The summed E-state index contributed by atoms with van der Waals surface area (Å²) >= 11 is 0. The van der Waals surface area contributed by atoms with E-state index in [-0.39, 0.29) is 0 Å². The molecular formula is C13H24N2O2. The SMILES string of the molecule is CC(=O)O.CCCC(CC(C)C)n1ccnc1. The first kappa shape index (κ1) is 15.7. The van der Waals surface area contributed by atoms with Crippen LogP contribution in [0.5, 0.6) is 0 Å². The summed E-state index contributed by atoms with van der Waals surface area (Å²) in [6.07, 6.45) is 9.63. The highest BCUT2D eigenvalue weighted by Crippen LogP contribution is 2.21. The van der Waals surface area contributed by atoms with Gasteiger partial charge < -0.3 is 9.67 Å². The Hall–Kier alpha value is -1.32. The molecule has 4 nitrogen and oxygen atoms in total. The van der Waals surface area contributed by atoms with E-state index < -0.39 is 5.97 Å². The molecule has 0 aromatic carbocycles. The topological polar surface area (TPSA) is 55.1 Å². The van der Waals surface area contributed by atoms with Gasteiger partial charge in [0, 0.05) is 25.4 Å². The van der Waals surface area contributed by atoms with Gasteiger partial charge in [0.15, 0.2) is 0 Å². The molecule has 1 N–H and O–H groups in total. The van der Waals surface area contributed by atoms with Gasteiger partial charge in [0.25, 0.3) is 5.97 Å². The van der Waals surface area contributed by atoms with Crippen molar-refractivity contribution in [3.8, 4) is 0 Å². The fourth-order valence-electron chi connectivity index (χ4n) is 1.75. The lowest BCUT2D eigenvalue weighted by atomic mass is 10.00. The second-order valence-electron chi connectivity index (χ2n) is 4.60. The maximum atomic E-state index is 9.00. The minimum atomic E-state index is -0.833. The molecule has 1 heterocycles. The second kappa shape index (κ2) is 8.79. The van der Waals surface area contributed by atoms with Gasteiger partial charge in [-0.15, -0.1) is 0 Å². The number of hydrogen-bond donors (Lipinski definition) is 1. The number of carbonyl (C=O) groups is 1. The molecule has 0 aliphatic rings. The monoisotopic (exact) mass is 240 g/mol. The number of nitrogens with zero attached hydrogens (tertiary/aromatic N) is 2. The van der Waals surface area contributed by atoms with E-state index in [1.807, 2.05) is 12.5 Å². The zero-order chi connectivity index (χ0) is 13.3. The van der Waals surface area contributed by atoms with Crippen LogP contribution in [-0.4, -0.2) is 20.6 Å². The summed E-state index contributed by atoms with van der Waals surface area (Å²) < 4.78 is 2.24. The molecule has 1 rings (SSSR count). The molecule has 0 saturated carbocycles. The number of aromatic nitrogens is 2. The molecule has 0 radical (unpaired) electrons. The molecule has 1 aromatic heterocycles. The maximum Gasteiger partial charge on any atom is 0.300 e. The van der Waals surface area contributed by atoms with Gasteiger partial charge in [-0.2, -0.15) is 0 Å². The van der Waals surface area contributed by atoms with Crippen molar-refractivity contribution in [3.05, 3.63) is 18.7 Å². The van der Waals surface area contributed by atoms with Crippen LogP contribution in [0.1, 0.15) is 53.0 Å². The average Bonchev–Trinajstić information content (AvgIpc) is 2.67. The molecule has 0 aliphatic heterocycles. The minimum absolute atomic E-state index is 0.646. The van der Waals surface area contributed by atoms with E-state index in [0.29, 0.717) is 6.04 Å². The largest absolute Gasteiger partial charge is 0.481 e. The molecule has 0 amide bonds. The molecular weight excluding hydrogens is 216 g/mol. The Bertz CT molecular complexity index is 290. The maximum absolute atomic E-state index is 9.00. The lowest BCUT2D eigenvalue weighted by Gasteiger charge is -2.19. The zero-order valence-corrected chi connectivity index (χ0v) is 11.3. The summed E-state index contributed by atoms with van der Waals surface area (Å²) in [5, 5.41) is 7.42. The van der Waals surface area contributed by atoms with Gasteiger partial charge >= 0.3 is 0 Å². The molecule has 17 heavy (non-hydrogen) atoms. The third kappa shape index (κ3) is 8.48. The summed E-state index contributed by atoms with van der Waals surface area (Å²) in [5.41, 5.74) is 0. The van der Waals surface area contributed by atoms with Crippen LogP contribution in [0.2, 0.25) is 0 Å². The van der Waals surface area contributed by atoms with Gasteiger partial charge in [0.05, 0.1) is 6.33 Å². The van der Waals surface area contributed by atoms with Crippen molar-refractivity contribution in [1.82, 2.24) is 9.55 Å². The highest BCUT2D eigenvalue weighted by Gasteiger charge is 2.10. The number of carboxylic acids is 1. The molecule has 1 atom stereocenters. The van der Waals surface area contributed by atoms with Gasteiger partial charge in [-0.1, -0.05) is 27.2 Å². The molecule has 0 bridgehead atoms. The number of aliphatic carboxylic acids is 1. The Morgan fingerprint density at radius 2 is 2.06 bits per heavy atom. The van der Waals surface area contributed by atoms with Crippen molar-refractivity contribution >= 4 is 5.97 Å². The summed E-state index contributed by atoms with van der Waals surface area (Å²) in [7, 11) is 0. The first-order chi connectivity index (χ1) is 7.97. The predicted molar refractivity (Wildman–Crippen MR) is 68.9 cm³/mol. The summed E-state index contributed by atoms with van der Waals surface area (Å²) in [6.45, 7) is 7.88. The van der Waals surface area contributed by atoms with Crippen LogP contribution in [0.4, 0.5) is 0 Å². The van der Waals surface area contributed by atoms with Crippen LogP contribution in [0.25, 0.3) is 0 Å². The number of rotatable bonds is 5. The van der Waals surface area contributed by atoms with Crippen molar-refractivity contribution in [2.45, 2.75) is 53.0 Å². The van der Waals surface area contributed by atoms with Crippen molar-refractivity contribution in [2.75, 3.05) is 0 Å². The van der Waals surface area contributed by atoms with Crippen LogP contribution in [-0.2, 0) is 4.79 Å². The molecule has 0 fully saturated rings. The zero-order valence-electron chi connectivity index (χ0n) is 11.3. The fourth-order valence-corrected chi connectivity index (χ4v) is 1.75. The molecule has 4 heteroatoms. The molecule has 98 valence electrons. The average molecular weight is 240 g/mol. The lowest BCUT2D eigenvalue weighted by Crippen LogP contribution is -2.09. The van der Waals surface area contributed by atoms with Crippen LogP contribution in [0, 0.1) is 5.92 Å². The van der Waals surface area contributed by atoms with Crippen LogP contribution >= 0.6 is 0 Å². The lowest BCUT2D eigenvalue weighted by molar-refractivity contribution is -0.134. The van der Waals surface area contributed by atoms with Crippen molar-refractivity contribution in [2.24, 2.45) is 5.92 Å². The van der Waals surface area contributed by atoms with Gasteiger partial charge in [0.2, 0.25) is 0 Å². The summed E-state index contributed by atoms with van der Waals surface area (Å²) in [4.78, 5) is 13.1. The minimum Gasteiger partial charge on any atom is -0.481 e. The smallest absolute Gasteiger partial charge is 0.300 e. The molecule has 0 aliphatic carbocycles. The summed E-state index contributed by atoms with van der Waals surface area (Å²) in [6, 6.07) is 0.646. The number of imidazole rings is 1.